The minimum absolute atomic E-state index is 0.0874. The zero-order valence-corrected chi connectivity index (χ0v) is 15.4. The maximum absolute atomic E-state index is 12.7. The number of anilines is 1. The molecule has 1 saturated carbocycles. The van der Waals surface area contributed by atoms with E-state index in [4.69, 9.17) is 5.73 Å². The van der Waals surface area contributed by atoms with Crippen LogP contribution in [-0.2, 0) is 12.3 Å². The highest BCUT2D eigenvalue weighted by molar-refractivity contribution is 6.05. The number of amidine groups is 1. The lowest BCUT2D eigenvalue weighted by atomic mass is 10.0. The van der Waals surface area contributed by atoms with Gasteiger partial charge in [-0.3, -0.25) is 15.4 Å². The molecule has 5 rings (SSSR count). The summed E-state index contributed by atoms with van der Waals surface area (Å²) in [5.41, 5.74) is 8.72. The summed E-state index contributed by atoms with van der Waals surface area (Å²) < 4.78 is 40.1. The highest BCUT2D eigenvalue weighted by atomic mass is 19.4. The number of alkyl halides is 3. The summed E-state index contributed by atoms with van der Waals surface area (Å²) in [7, 11) is 0. The second-order valence-electron chi connectivity index (χ2n) is 7.65. The summed E-state index contributed by atoms with van der Waals surface area (Å²) in [5, 5.41) is 11.5. The number of hydrogen-bond acceptors (Lipinski definition) is 4. The van der Waals surface area contributed by atoms with E-state index in [2.05, 4.69) is 25.7 Å². The van der Waals surface area contributed by atoms with Crippen LogP contribution in [0.3, 0.4) is 0 Å². The van der Waals surface area contributed by atoms with Gasteiger partial charge in [-0.15, -0.1) is 0 Å². The number of aromatic amines is 1. The minimum Gasteiger partial charge on any atom is -0.348 e. The third-order valence-corrected chi connectivity index (χ3v) is 5.28. The summed E-state index contributed by atoms with van der Waals surface area (Å²) in [4.78, 5) is 6.69. The van der Waals surface area contributed by atoms with Crippen molar-refractivity contribution in [3.63, 3.8) is 0 Å². The second-order valence-corrected chi connectivity index (χ2v) is 7.65. The van der Waals surface area contributed by atoms with Crippen molar-refractivity contribution in [2.45, 2.75) is 31.3 Å². The van der Waals surface area contributed by atoms with Gasteiger partial charge >= 0.3 is 6.18 Å². The van der Waals surface area contributed by atoms with Gasteiger partial charge in [0.05, 0.1) is 17.3 Å². The molecular formula is C19H20F3N7. The van der Waals surface area contributed by atoms with Crippen molar-refractivity contribution < 1.29 is 13.2 Å². The second kappa shape index (κ2) is 6.24. The first-order valence-corrected chi connectivity index (χ1v) is 9.41. The molecule has 1 fully saturated rings. The number of aliphatic imine (C=N–C) groups is 1. The van der Waals surface area contributed by atoms with Crippen LogP contribution in [0.5, 0.6) is 0 Å². The standard InChI is InChI=1S/C19H20F3N7/c20-18(21,22)10-25-17-14-5-6-24-16(14)27-19(23,28-17)13-3-4-15-12(7-13)8-26-29(15)9-11-1-2-11/h3-8,11,24,27H,1-2,9-10,23H2,(H,25,28). The smallest absolute Gasteiger partial charge is 0.348 e. The van der Waals surface area contributed by atoms with Gasteiger partial charge in [0.25, 0.3) is 0 Å². The number of nitrogens with zero attached hydrogens (tertiary/aromatic N) is 3. The molecule has 1 aromatic carbocycles. The fourth-order valence-electron chi connectivity index (χ4n) is 3.61. The van der Waals surface area contributed by atoms with Gasteiger partial charge in [-0.2, -0.15) is 18.3 Å². The maximum Gasteiger partial charge on any atom is 0.408 e. The molecule has 1 atom stereocenters. The van der Waals surface area contributed by atoms with E-state index in [1.807, 2.05) is 22.9 Å². The van der Waals surface area contributed by atoms with E-state index < -0.39 is 18.5 Å². The maximum atomic E-state index is 12.7. The monoisotopic (exact) mass is 403 g/mol. The SMILES string of the molecule is NC1(c2ccc3c(cnn3CC3CC3)c2)NC(=NCC(F)(F)F)c2cc[nH]c2N1. The van der Waals surface area contributed by atoms with E-state index in [0.29, 0.717) is 22.9 Å². The van der Waals surface area contributed by atoms with Crippen molar-refractivity contribution in [3.8, 4) is 0 Å². The first-order valence-electron chi connectivity index (χ1n) is 9.41. The molecule has 0 radical (unpaired) electrons. The summed E-state index contributed by atoms with van der Waals surface area (Å²) >= 11 is 0. The van der Waals surface area contributed by atoms with Crippen LogP contribution >= 0.6 is 0 Å². The van der Waals surface area contributed by atoms with Crippen LogP contribution in [0.1, 0.15) is 24.0 Å². The van der Waals surface area contributed by atoms with Gasteiger partial charge in [0.1, 0.15) is 18.2 Å². The predicted octanol–water partition coefficient (Wildman–Crippen LogP) is 2.87. The molecule has 3 heterocycles. The zero-order chi connectivity index (χ0) is 20.2. The topological polar surface area (TPSA) is 96.0 Å². The van der Waals surface area contributed by atoms with E-state index in [1.165, 1.54) is 12.8 Å². The number of nitrogens with two attached hydrogens (primary N) is 1. The van der Waals surface area contributed by atoms with E-state index >= 15 is 0 Å². The fourth-order valence-corrected chi connectivity index (χ4v) is 3.61. The number of H-pyrrole nitrogens is 1. The summed E-state index contributed by atoms with van der Waals surface area (Å²) in [6.45, 7) is -0.393. The predicted molar refractivity (Wildman–Crippen MR) is 103 cm³/mol. The average molecular weight is 403 g/mol. The number of benzene rings is 1. The van der Waals surface area contributed by atoms with Crippen molar-refractivity contribution in [1.82, 2.24) is 20.1 Å². The Morgan fingerprint density at radius 2 is 2.07 bits per heavy atom. The molecule has 152 valence electrons. The number of hydrogen-bond donors (Lipinski definition) is 4. The molecule has 5 N–H and O–H groups in total. The summed E-state index contributed by atoms with van der Waals surface area (Å²) in [6, 6.07) is 7.33. The van der Waals surface area contributed by atoms with E-state index in [-0.39, 0.29) is 5.84 Å². The molecule has 0 saturated heterocycles. The fraction of sp³-hybridized carbons (Fsp3) is 0.368. The lowest BCUT2D eigenvalue weighted by molar-refractivity contribution is -0.118. The number of nitrogens with one attached hydrogen (secondary N) is 3. The quantitative estimate of drug-likeness (QED) is 0.539. The minimum atomic E-state index is -4.40. The van der Waals surface area contributed by atoms with E-state index in [9.17, 15) is 13.2 Å². The van der Waals surface area contributed by atoms with Crippen molar-refractivity contribution in [1.29, 1.82) is 0 Å². The Labute approximate surface area is 164 Å². The largest absolute Gasteiger partial charge is 0.408 e. The van der Waals surface area contributed by atoms with Crippen molar-refractivity contribution in [2.24, 2.45) is 16.6 Å². The van der Waals surface area contributed by atoms with Crippen molar-refractivity contribution >= 4 is 22.6 Å². The van der Waals surface area contributed by atoms with Crippen molar-refractivity contribution in [3.05, 3.63) is 47.8 Å². The molecule has 0 spiro atoms. The van der Waals surface area contributed by atoms with Crippen LogP contribution in [0.25, 0.3) is 10.9 Å². The van der Waals surface area contributed by atoms with Gasteiger partial charge in [-0.1, -0.05) is 6.07 Å². The molecular weight excluding hydrogens is 383 g/mol. The Bertz CT molecular complexity index is 1090. The number of aromatic nitrogens is 3. The molecule has 1 aliphatic carbocycles. The number of fused-ring (bicyclic) bond motifs is 2. The lowest BCUT2D eigenvalue weighted by Crippen LogP contribution is -2.61. The molecule has 3 aromatic rings. The van der Waals surface area contributed by atoms with Gasteiger partial charge < -0.3 is 15.6 Å². The molecule has 0 bridgehead atoms. The van der Waals surface area contributed by atoms with Gasteiger partial charge in [0.15, 0.2) is 5.79 Å². The first kappa shape index (κ1) is 18.0. The molecule has 1 unspecified atom stereocenters. The third-order valence-electron chi connectivity index (χ3n) is 5.28. The van der Waals surface area contributed by atoms with Crippen LogP contribution < -0.4 is 16.4 Å². The van der Waals surface area contributed by atoms with Gasteiger partial charge in [0.2, 0.25) is 0 Å². The Morgan fingerprint density at radius 3 is 2.83 bits per heavy atom. The molecule has 1 aliphatic heterocycles. The summed E-state index contributed by atoms with van der Waals surface area (Å²) in [6.07, 6.45) is 1.48. The molecule has 2 aromatic heterocycles. The highest BCUT2D eigenvalue weighted by Gasteiger charge is 2.36. The highest BCUT2D eigenvalue weighted by Crippen LogP contribution is 2.33. The van der Waals surface area contributed by atoms with E-state index in [0.717, 1.165) is 17.4 Å². The molecule has 2 aliphatic rings. The zero-order valence-electron chi connectivity index (χ0n) is 15.4. The molecule has 10 heteroatoms. The summed E-state index contributed by atoms with van der Waals surface area (Å²) in [5.74, 6) is -0.0326. The Hall–Kier alpha value is -3.01. The molecule has 29 heavy (non-hydrogen) atoms. The normalized spacial score (nSPS) is 23.1. The molecule has 7 nitrogen and oxygen atoms in total. The lowest BCUT2D eigenvalue weighted by Gasteiger charge is -2.38. The van der Waals surface area contributed by atoms with E-state index in [1.54, 1.807) is 18.5 Å². The average Bonchev–Trinajstić information content (AvgIpc) is 3.20. The number of rotatable bonds is 4. The van der Waals surface area contributed by atoms with Gasteiger partial charge in [-0.05, 0) is 37.0 Å². The van der Waals surface area contributed by atoms with Crippen LogP contribution in [0.2, 0.25) is 0 Å². The van der Waals surface area contributed by atoms with Gasteiger partial charge in [-0.25, -0.2) is 0 Å². The van der Waals surface area contributed by atoms with Crippen LogP contribution in [0, 0.1) is 5.92 Å². The Morgan fingerprint density at radius 1 is 1.24 bits per heavy atom. The van der Waals surface area contributed by atoms with Crippen molar-refractivity contribution in [2.75, 3.05) is 11.9 Å². The first-order chi connectivity index (χ1) is 13.8. The Kier molecular flexibility index (Phi) is 3.89. The third kappa shape index (κ3) is 3.44. The van der Waals surface area contributed by atoms with Crippen LogP contribution in [0.4, 0.5) is 19.0 Å². The van der Waals surface area contributed by atoms with Gasteiger partial charge in [0, 0.05) is 23.7 Å². The molecule has 0 amide bonds. The van der Waals surface area contributed by atoms with Crippen LogP contribution in [0.15, 0.2) is 41.7 Å². The number of halogens is 3. The van der Waals surface area contributed by atoms with Crippen LogP contribution in [-0.4, -0.2) is 33.3 Å². The Balaban J connectivity index is 1.49.